The van der Waals surface area contributed by atoms with Crippen molar-refractivity contribution in [3.05, 3.63) is 0 Å². The van der Waals surface area contributed by atoms with E-state index in [1.807, 2.05) is 5.32 Å². The van der Waals surface area contributed by atoms with E-state index in [-0.39, 0.29) is 6.42 Å². The Labute approximate surface area is 175 Å². The van der Waals surface area contributed by atoms with E-state index in [9.17, 15) is 33.6 Å². The van der Waals surface area contributed by atoms with Crippen molar-refractivity contribution in [1.29, 1.82) is 0 Å². The van der Waals surface area contributed by atoms with Gasteiger partial charge in [-0.3, -0.25) is 28.8 Å². The van der Waals surface area contributed by atoms with E-state index in [0.717, 1.165) is 0 Å². The summed E-state index contributed by atoms with van der Waals surface area (Å²) < 4.78 is 0. The number of primary amides is 1. The maximum Gasteiger partial charge on any atom is 0.326 e. The molecule has 0 saturated carbocycles. The van der Waals surface area contributed by atoms with E-state index in [1.165, 1.54) is 0 Å². The molecule has 31 heavy (non-hydrogen) atoms. The molecule has 0 spiro atoms. The first kappa shape index (κ1) is 27.2. The Morgan fingerprint density at radius 1 is 0.710 bits per heavy atom. The molecule has 15 nitrogen and oxygen atoms in total. The molecule has 0 bridgehead atoms. The van der Waals surface area contributed by atoms with Crippen LogP contribution in [0.25, 0.3) is 0 Å². The van der Waals surface area contributed by atoms with Crippen molar-refractivity contribution in [1.82, 2.24) is 16.0 Å². The van der Waals surface area contributed by atoms with Crippen LogP contribution < -0.4 is 27.4 Å². The topological polar surface area (TPSA) is 268 Å². The number of amides is 4. The van der Waals surface area contributed by atoms with Crippen LogP contribution in [0.5, 0.6) is 0 Å². The highest BCUT2D eigenvalue weighted by atomic mass is 16.4. The van der Waals surface area contributed by atoms with E-state index >= 15 is 0 Å². The van der Waals surface area contributed by atoms with E-state index in [2.05, 4.69) is 10.6 Å². The van der Waals surface area contributed by atoms with Gasteiger partial charge in [-0.2, -0.15) is 0 Å². The van der Waals surface area contributed by atoms with Gasteiger partial charge in [-0.25, -0.2) is 4.79 Å². The number of carboxylic acids is 3. The molecule has 0 aliphatic heterocycles. The molecule has 0 aliphatic rings. The minimum absolute atomic E-state index is 0.362. The van der Waals surface area contributed by atoms with Gasteiger partial charge < -0.3 is 42.7 Å². The molecular formula is C16H25N5O10. The Hall–Kier alpha value is -3.75. The number of nitrogens with two attached hydrogens (primary N) is 2. The molecule has 15 heteroatoms. The maximum atomic E-state index is 12.5. The molecule has 0 saturated heterocycles. The molecule has 0 aromatic heterocycles. The van der Waals surface area contributed by atoms with Gasteiger partial charge in [0.1, 0.15) is 18.1 Å². The van der Waals surface area contributed by atoms with Gasteiger partial charge in [0.05, 0.1) is 13.0 Å². The van der Waals surface area contributed by atoms with Crippen LogP contribution >= 0.6 is 0 Å². The second-order valence-corrected chi connectivity index (χ2v) is 6.32. The second kappa shape index (κ2) is 13.5. The molecule has 174 valence electrons. The summed E-state index contributed by atoms with van der Waals surface area (Å²) >= 11 is 0. The summed E-state index contributed by atoms with van der Waals surface area (Å²) in [5.41, 5.74) is 10.1. The van der Waals surface area contributed by atoms with E-state index < -0.39 is 91.9 Å². The highest BCUT2D eigenvalue weighted by molar-refractivity contribution is 5.94. The molecular weight excluding hydrogens is 422 g/mol. The second-order valence-electron chi connectivity index (χ2n) is 6.32. The quantitative estimate of drug-likeness (QED) is 0.120. The van der Waals surface area contributed by atoms with E-state index in [1.54, 1.807) is 0 Å². The smallest absolute Gasteiger partial charge is 0.326 e. The summed E-state index contributed by atoms with van der Waals surface area (Å²) in [7, 11) is 0. The predicted molar refractivity (Wildman–Crippen MR) is 100 cm³/mol. The van der Waals surface area contributed by atoms with Crippen LogP contribution in [-0.4, -0.2) is 81.5 Å². The number of nitrogens with one attached hydrogen (secondary N) is 3. The lowest BCUT2D eigenvalue weighted by atomic mass is 10.1. The van der Waals surface area contributed by atoms with Crippen molar-refractivity contribution >= 4 is 41.5 Å². The monoisotopic (exact) mass is 447 g/mol. The Morgan fingerprint density at radius 3 is 1.48 bits per heavy atom. The van der Waals surface area contributed by atoms with Crippen molar-refractivity contribution in [2.75, 3.05) is 6.54 Å². The zero-order chi connectivity index (χ0) is 24.1. The first-order valence-electron chi connectivity index (χ1n) is 8.92. The van der Waals surface area contributed by atoms with Crippen LogP contribution in [0.4, 0.5) is 0 Å². The maximum absolute atomic E-state index is 12.5. The third kappa shape index (κ3) is 11.7. The van der Waals surface area contributed by atoms with Crippen LogP contribution in [0, 0.1) is 0 Å². The lowest BCUT2D eigenvalue weighted by Gasteiger charge is -2.23. The van der Waals surface area contributed by atoms with Crippen LogP contribution in [0.15, 0.2) is 0 Å². The molecule has 3 unspecified atom stereocenters. The normalized spacial score (nSPS) is 13.2. The zero-order valence-corrected chi connectivity index (χ0v) is 16.3. The number of hydrogen-bond acceptors (Lipinski definition) is 8. The van der Waals surface area contributed by atoms with E-state index in [4.69, 9.17) is 26.8 Å². The van der Waals surface area contributed by atoms with Gasteiger partial charge in [-0.15, -0.1) is 0 Å². The Bertz CT molecular complexity index is 726. The summed E-state index contributed by atoms with van der Waals surface area (Å²) in [6, 6.07) is -4.71. The minimum atomic E-state index is -1.73. The van der Waals surface area contributed by atoms with Gasteiger partial charge in [-0.1, -0.05) is 0 Å². The lowest BCUT2D eigenvalue weighted by molar-refractivity contribution is -0.144. The van der Waals surface area contributed by atoms with Crippen LogP contribution in [0.2, 0.25) is 0 Å². The average molecular weight is 447 g/mol. The Balaban J connectivity index is 5.48. The van der Waals surface area contributed by atoms with Gasteiger partial charge in [0.2, 0.25) is 23.6 Å². The summed E-state index contributed by atoms with van der Waals surface area (Å²) in [5.74, 6) is -8.14. The Kier molecular flexibility index (Phi) is 11.8. The van der Waals surface area contributed by atoms with Crippen molar-refractivity contribution in [3.8, 4) is 0 Å². The Morgan fingerprint density at radius 2 is 1.13 bits per heavy atom. The molecule has 0 aliphatic carbocycles. The molecule has 0 rings (SSSR count). The molecule has 0 aromatic rings. The molecule has 0 radical (unpaired) electrons. The minimum Gasteiger partial charge on any atom is -0.481 e. The largest absolute Gasteiger partial charge is 0.481 e. The fourth-order valence-corrected chi connectivity index (χ4v) is 2.27. The van der Waals surface area contributed by atoms with Crippen LogP contribution in [0.1, 0.15) is 32.1 Å². The van der Waals surface area contributed by atoms with Crippen molar-refractivity contribution < 1.29 is 48.9 Å². The van der Waals surface area contributed by atoms with Gasteiger partial charge in [0.15, 0.2) is 0 Å². The third-order valence-electron chi connectivity index (χ3n) is 3.78. The predicted octanol–water partition coefficient (Wildman–Crippen LogP) is -3.91. The van der Waals surface area contributed by atoms with E-state index in [0.29, 0.717) is 0 Å². The molecule has 3 atom stereocenters. The highest BCUT2D eigenvalue weighted by Gasteiger charge is 2.30. The SMILES string of the molecule is NCC(=O)NC(CCC(=O)O)C(=O)NC(CCC(=O)O)C(=O)NC(CC(N)=O)C(=O)O. The number of carboxylic acid groups (broad SMARTS) is 3. The molecule has 0 aromatic carbocycles. The first-order valence-corrected chi connectivity index (χ1v) is 8.92. The molecule has 10 N–H and O–H groups in total. The number of hydrogen-bond donors (Lipinski definition) is 8. The average Bonchev–Trinajstić information content (AvgIpc) is 2.66. The van der Waals surface area contributed by atoms with Crippen LogP contribution in [0.3, 0.4) is 0 Å². The van der Waals surface area contributed by atoms with Gasteiger partial charge in [0, 0.05) is 12.8 Å². The number of carbonyl (C=O) groups is 7. The summed E-state index contributed by atoms with van der Waals surface area (Å²) in [6.07, 6.45) is -2.70. The summed E-state index contributed by atoms with van der Waals surface area (Å²) in [4.78, 5) is 80.2. The fourth-order valence-electron chi connectivity index (χ4n) is 2.27. The lowest BCUT2D eigenvalue weighted by Crippen LogP contribution is -2.56. The standard InChI is InChI=1S/C16H25N5O10/c17-6-11(23)19-7(1-3-12(24)25)14(28)20-8(2-4-13(26)27)15(29)21-9(16(30)31)5-10(18)22/h7-9H,1-6,17H2,(H2,18,22)(H,19,23)(H,20,28)(H,21,29)(H,24,25)(H,26,27)(H,30,31). The summed E-state index contributed by atoms with van der Waals surface area (Å²) in [6.45, 7) is -0.507. The number of aliphatic carboxylic acids is 3. The van der Waals surface area contributed by atoms with Crippen LogP contribution in [-0.2, 0) is 33.6 Å². The molecule has 4 amide bonds. The molecule has 0 heterocycles. The van der Waals surface area contributed by atoms with Gasteiger partial charge >= 0.3 is 17.9 Å². The van der Waals surface area contributed by atoms with Crippen molar-refractivity contribution in [3.63, 3.8) is 0 Å². The summed E-state index contributed by atoms with van der Waals surface area (Å²) in [5, 5.41) is 33.0. The van der Waals surface area contributed by atoms with Crippen molar-refractivity contribution in [2.24, 2.45) is 11.5 Å². The fraction of sp³-hybridized carbons (Fsp3) is 0.562. The van der Waals surface area contributed by atoms with Gasteiger partial charge in [0.25, 0.3) is 0 Å². The zero-order valence-electron chi connectivity index (χ0n) is 16.3. The highest BCUT2D eigenvalue weighted by Crippen LogP contribution is 2.04. The van der Waals surface area contributed by atoms with Gasteiger partial charge in [-0.05, 0) is 12.8 Å². The molecule has 0 fully saturated rings. The third-order valence-corrected chi connectivity index (χ3v) is 3.78. The number of carbonyl (C=O) groups excluding carboxylic acids is 4. The first-order chi connectivity index (χ1) is 14.4. The number of rotatable bonds is 15. The van der Waals surface area contributed by atoms with Crippen molar-refractivity contribution in [2.45, 2.75) is 50.2 Å².